The van der Waals surface area contributed by atoms with Gasteiger partial charge in [0, 0.05) is 13.0 Å². The Morgan fingerprint density at radius 2 is 1.69 bits per heavy atom. The third-order valence-electron chi connectivity index (χ3n) is 0.961. The fourth-order valence-electron chi connectivity index (χ4n) is 0.614. The molecule has 0 spiro atoms. The molecule has 0 aromatic rings. The molecule has 0 aliphatic heterocycles. The standard InChI is InChI=1S/C6H13Cl2N.C2H4O2/c1-5(2)9(8)6(3,4)7;1-2(3)4/h5H,1-4H3;1H3,(H,3,4). The fourth-order valence-corrected chi connectivity index (χ4v) is 0.809. The smallest absolute Gasteiger partial charge is 0.300 e. The Bertz CT molecular complexity index is 151. The van der Waals surface area contributed by atoms with Gasteiger partial charge in [0.1, 0.15) is 5.00 Å². The molecule has 13 heavy (non-hydrogen) atoms. The van der Waals surface area contributed by atoms with Gasteiger partial charge in [-0.2, -0.15) is 4.42 Å². The molecule has 1 N–H and O–H groups in total. The van der Waals surface area contributed by atoms with E-state index in [-0.39, 0.29) is 6.04 Å². The zero-order valence-electron chi connectivity index (χ0n) is 8.64. The van der Waals surface area contributed by atoms with Gasteiger partial charge in [-0.15, -0.1) is 11.6 Å². The van der Waals surface area contributed by atoms with Crippen molar-refractivity contribution in [2.24, 2.45) is 0 Å². The Kier molecular flexibility index (Phi) is 7.69. The van der Waals surface area contributed by atoms with E-state index < -0.39 is 11.0 Å². The summed E-state index contributed by atoms with van der Waals surface area (Å²) < 4.78 is 1.59. The average molecular weight is 230 g/mol. The SMILES string of the molecule is CC(=O)O.CC(C)N(Cl)C(C)(C)Cl. The Morgan fingerprint density at radius 3 is 1.69 bits per heavy atom. The number of alkyl halides is 1. The lowest BCUT2D eigenvalue weighted by Gasteiger charge is -2.29. The van der Waals surface area contributed by atoms with Crippen LogP contribution in [-0.2, 0) is 4.79 Å². The summed E-state index contributed by atoms with van der Waals surface area (Å²) in [5.74, 6) is -0.833. The molecule has 80 valence electrons. The largest absolute Gasteiger partial charge is 0.481 e. The lowest BCUT2D eigenvalue weighted by molar-refractivity contribution is -0.134. The minimum Gasteiger partial charge on any atom is -0.481 e. The molecule has 0 unspecified atom stereocenters. The zero-order chi connectivity index (χ0) is 11.2. The van der Waals surface area contributed by atoms with Crippen LogP contribution in [-0.4, -0.2) is 26.5 Å². The molecular weight excluding hydrogens is 213 g/mol. The van der Waals surface area contributed by atoms with Crippen molar-refractivity contribution in [3.63, 3.8) is 0 Å². The number of carbonyl (C=O) groups is 1. The predicted molar refractivity (Wildman–Crippen MR) is 56.1 cm³/mol. The maximum absolute atomic E-state index is 9.00. The van der Waals surface area contributed by atoms with E-state index in [1.54, 1.807) is 4.42 Å². The van der Waals surface area contributed by atoms with E-state index in [1.807, 2.05) is 27.7 Å². The van der Waals surface area contributed by atoms with Crippen molar-refractivity contribution in [3.8, 4) is 0 Å². The van der Waals surface area contributed by atoms with Gasteiger partial charge in [0.15, 0.2) is 0 Å². The van der Waals surface area contributed by atoms with Crippen molar-refractivity contribution in [2.75, 3.05) is 0 Å². The molecule has 0 aliphatic carbocycles. The summed E-state index contributed by atoms with van der Waals surface area (Å²) in [5, 5.41) is 7.42. The van der Waals surface area contributed by atoms with Crippen molar-refractivity contribution < 1.29 is 9.90 Å². The molecule has 0 fully saturated rings. The second-order valence-corrected chi connectivity index (χ2v) is 4.62. The highest BCUT2D eigenvalue weighted by Gasteiger charge is 2.23. The summed E-state index contributed by atoms with van der Waals surface area (Å²) in [6, 6.07) is 0.277. The molecule has 0 heterocycles. The predicted octanol–water partition coefficient (Wildman–Crippen LogP) is 2.92. The number of hydrogen-bond donors (Lipinski definition) is 1. The molecule has 0 atom stereocenters. The summed E-state index contributed by atoms with van der Waals surface area (Å²) in [6.07, 6.45) is 0. The highest BCUT2D eigenvalue weighted by Crippen LogP contribution is 2.23. The van der Waals surface area contributed by atoms with Crippen LogP contribution in [0, 0.1) is 0 Å². The number of carboxylic acids is 1. The number of hydrogen-bond acceptors (Lipinski definition) is 2. The van der Waals surface area contributed by atoms with Gasteiger partial charge in [-0.25, -0.2) is 0 Å². The van der Waals surface area contributed by atoms with Crippen LogP contribution in [0.1, 0.15) is 34.6 Å². The van der Waals surface area contributed by atoms with Crippen LogP contribution in [0.3, 0.4) is 0 Å². The minimum atomic E-state index is -0.833. The van der Waals surface area contributed by atoms with Gasteiger partial charge in [0.25, 0.3) is 5.97 Å². The quantitative estimate of drug-likeness (QED) is 0.450. The molecule has 0 rings (SSSR count). The normalized spacial score (nSPS) is 11.2. The van der Waals surface area contributed by atoms with Gasteiger partial charge < -0.3 is 5.11 Å². The summed E-state index contributed by atoms with van der Waals surface area (Å²) in [6.45, 7) is 8.80. The second-order valence-electron chi connectivity index (χ2n) is 3.33. The molecular formula is C8H17Cl2NO2. The topological polar surface area (TPSA) is 40.5 Å². The molecule has 0 aromatic carbocycles. The van der Waals surface area contributed by atoms with Gasteiger partial charge >= 0.3 is 0 Å². The van der Waals surface area contributed by atoms with E-state index in [1.165, 1.54) is 0 Å². The average Bonchev–Trinajstić information content (AvgIpc) is 1.82. The highest BCUT2D eigenvalue weighted by molar-refractivity contribution is 6.27. The van der Waals surface area contributed by atoms with Crippen LogP contribution < -0.4 is 0 Å². The van der Waals surface area contributed by atoms with Crippen molar-refractivity contribution in [1.29, 1.82) is 0 Å². The Hall–Kier alpha value is 0.01000. The number of halogens is 2. The first-order valence-corrected chi connectivity index (χ1v) is 4.64. The van der Waals surface area contributed by atoms with Crippen LogP contribution in [0.2, 0.25) is 0 Å². The van der Waals surface area contributed by atoms with E-state index in [2.05, 4.69) is 0 Å². The van der Waals surface area contributed by atoms with Gasteiger partial charge in [-0.3, -0.25) is 4.79 Å². The number of carboxylic acid groups (broad SMARTS) is 1. The molecule has 0 aromatic heterocycles. The number of nitrogens with zero attached hydrogens (tertiary/aromatic N) is 1. The van der Waals surface area contributed by atoms with Crippen molar-refractivity contribution in [2.45, 2.75) is 45.7 Å². The van der Waals surface area contributed by atoms with Crippen LogP contribution in [0.4, 0.5) is 0 Å². The monoisotopic (exact) mass is 229 g/mol. The van der Waals surface area contributed by atoms with E-state index in [4.69, 9.17) is 33.3 Å². The van der Waals surface area contributed by atoms with E-state index >= 15 is 0 Å². The van der Waals surface area contributed by atoms with Crippen LogP contribution in [0.5, 0.6) is 0 Å². The maximum Gasteiger partial charge on any atom is 0.300 e. The summed E-state index contributed by atoms with van der Waals surface area (Å²) in [5.41, 5.74) is 0. The Balaban J connectivity index is 0. The fraction of sp³-hybridized carbons (Fsp3) is 0.875. The van der Waals surface area contributed by atoms with Crippen LogP contribution in [0.15, 0.2) is 0 Å². The Labute approximate surface area is 89.7 Å². The summed E-state index contributed by atoms with van der Waals surface area (Å²) >= 11 is 11.7. The van der Waals surface area contributed by atoms with Gasteiger partial charge in [0.2, 0.25) is 0 Å². The third-order valence-corrected chi connectivity index (χ3v) is 2.04. The number of rotatable bonds is 2. The van der Waals surface area contributed by atoms with Crippen molar-refractivity contribution >= 4 is 29.3 Å². The van der Waals surface area contributed by atoms with Crippen molar-refractivity contribution in [1.82, 2.24) is 4.42 Å². The van der Waals surface area contributed by atoms with Gasteiger partial charge in [0.05, 0.1) is 0 Å². The second kappa shape index (κ2) is 6.46. The zero-order valence-corrected chi connectivity index (χ0v) is 10.1. The highest BCUT2D eigenvalue weighted by atomic mass is 35.5. The first-order valence-electron chi connectivity index (χ1n) is 3.92. The molecule has 0 saturated carbocycles. The first-order chi connectivity index (χ1) is 5.59. The van der Waals surface area contributed by atoms with Crippen LogP contribution in [0.25, 0.3) is 0 Å². The van der Waals surface area contributed by atoms with E-state index in [0.29, 0.717) is 0 Å². The van der Waals surface area contributed by atoms with Crippen LogP contribution >= 0.6 is 23.4 Å². The molecule has 0 aliphatic rings. The van der Waals surface area contributed by atoms with E-state index in [9.17, 15) is 0 Å². The number of aliphatic carboxylic acids is 1. The molecule has 5 heteroatoms. The lowest BCUT2D eigenvalue weighted by atomic mass is 10.3. The first kappa shape index (κ1) is 15.5. The maximum atomic E-state index is 9.00. The molecule has 0 bridgehead atoms. The summed E-state index contributed by atoms with van der Waals surface area (Å²) in [4.78, 5) is 8.55. The molecule has 0 amide bonds. The van der Waals surface area contributed by atoms with Gasteiger partial charge in [-0.1, -0.05) is 0 Å². The third kappa shape index (κ3) is 12.0. The lowest BCUT2D eigenvalue weighted by Crippen LogP contribution is -2.36. The molecule has 0 radical (unpaired) electrons. The van der Waals surface area contributed by atoms with Crippen molar-refractivity contribution in [3.05, 3.63) is 0 Å². The molecule has 3 nitrogen and oxygen atoms in total. The Morgan fingerprint density at radius 1 is 1.46 bits per heavy atom. The summed E-state index contributed by atoms with van der Waals surface area (Å²) in [7, 11) is 0. The van der Waals surface area contributed by atoms with E-state index in [0.717, 1.165) is 6.92 Å². The van der Waals surface area contributed by atoms with Gasteiger partial charge in [-0.05, 0) is 39.5 Å². The minimum absolute atomic E-state index is 0.277. The molecule has 0 saturated heterocycles.